The van der Waals surface area contributed by atoms with Crippen LogP contribution in [0.3, 0.4) is 0 Å². The standard InChI is InChI=1S/C17H22N2S/c1-13(2)18-11-15-7-5-9-17(10-15)20-12-16-8-4-6-14(3)19-16/h4-10,13,18H,11-12H2,1-3H3. The van der Waals surface area contributed by atoms with Gasteiger partial charge >= 0.3 is 0 Å². The summed E-state index contributed by atoms with van der Waals surface area (Å²) >= 11 is 1.84. The fourth-order valence-electron chi connectivity index (χ4n) is 1.90. The molecule has 1 heterocycles. The molecule has 0 aliphatic carbocycles. The number of aromatic nitrogens is 1. The van der Waals surface area contributed by atoms with Gasteiger partial charge in [-0.15, -0.1) is 11.8 Å². The van der Waals surface area contributed by atoms with E-state index in [1.54, 1.807) is 0 Å². The van der Waals surface area contributed by atoms with Gasteiger partial charge in [-0.3, -0.25) is 4.98 Å². The van der Waals surface area contributed by atoms with Crippen molar-refractivity contribution < 1.29 is 0 Å². The summed E-state index contributed by atoms with van der Waals surface area (Å²) in [4.78, 5) is 5.84. The number of pyridine rings is 1. The number of thioether (sulfide) groups is 1. The monoisotopic (exact) mass is 286 g/mol. The molecule has 0 unspecified atom stereocenters. The van der Waals surface area contributed by atoms with Crippen LogP contribution < -0.4 is 5.32 Å². The highest BCUT2D eigenvalue weighted by atomic mass is 32.2. The van der Waals surface area contributed by atoms with Gasteiger partial charge in [0.1, 0.15) is 0 Å². The van der Waals surface area contributed by atoms with Gasteiger partial charge in [0.25, 0.3) is 0 Å². The molecule has 0 radical (unpaired) electrons. The van der Waals surface area contributed by atoms with Gasteiger partial charge in [0, 0.05) is 28.9 Å². The molecular weight excluding hydrogens is 264 g/mol. The fraction of sp³-hybridized carbons (Fsp3) is 0.353. The Morgan fingerprint density at radius 2 is 1.95 bits per heavy atom. The lowest BCUT2D eigenvalue weighted by Crippen LogP contribution is -2.21. The van der Waals surface area contributed by atoms with Crippen LogP contribution in [-0.4, -0.2) is 11.0 Å². The molecule has 2 aromatic rings. The van der Waals surface area contributed by atoms with E-state index in [0.29, 0.717) is 6.04 Å². The van der Waals surface area contributed by atoms with Crippen LogP contribution in [0.15, 0.2) is 47.4 Å². The summed E-state index contributed by atoms with van der Waals surface area (Å²) < 4.78 is 0. The second-order valence-electron chi connectivity index (χ2n) is 5.24. The second kappa shape index (κ2) is 7.46. The summed E-state index contributed by atoms with van der Waals surface area (Å²) in [7, 11) is 0. The Balaban J connectivity index is 1.94. The molecule has 20 heavy (non-hydrogen) atoms. The van der Waals surface area contributed by atoms with Crippen molar-refractivity contribution in [3.05, 3.63) is 59.4 Å². The highest BCUT2D eigenvalue weighted by Gasteiger charge is 2.00. The van der Waals surface area contributed by atoms with Crippen LogP contribution >= 0.6 is 11.8 Å². The van der Waals surface area contributed by atoms with Crippen molar-refractivity contribution in [1.82, 2.24) is 10.3 Å². The van der Waals surface area contributed by atoms with Crippen LogP contribution in [0.5, 0.6) is 0 Å². The van der Waals surface area contributed by atoms with Gasteiger partial charge in [-0.1, -0.05) is 32.0 Å². The molecule has 0 bridgehead atoms. The zero-order valence-corrected chi connectivity index (χ0v) is 13.2. The van der Waals surface area contributed by atoms with Gasteiger partial charge in [-0.2, -0.15) is 0 Å². The molecule has 1 aromatic heterocycles. The Morgan fingerprint density at radius 3 is 2.70 bits per heavy atom. The third kappa shape index (κ3) is 4.99. The van der Waals surface area contributed by atoms with E-state index in [4.69, 9.17) is 0 Å². The molecule has 2 nitrogen and oxygen atoms in total. The zero-order chi connectivity index (χ0) is 14.4. The van der Waals surface area contributed by atoms with Crippen molar-refractivity contribution in [2.75, 3.05) is 0 Å². The first-order valence-corrected chi connectivity index (χ1v) is 8.00. The molecule has 2 rings (SSSR count). The number of nitrogens with zero attached hydrogens (tertiary/aromatic N) is 1. The first-order chi connectivity index (χ1) is 9.63. The molecule has 0 fully saturated rings. The smallest absolute Gasteiger partial charge is 0.0509 e. The van der Waals surface area contributed by atoms with Crippen LogP contribution in [0.4, 0.5) is 0 Å². The van der Waals surface area contributed by atoms with Crippen LogP contribution in [0, 0.1) is 6.92 Å². The molecule has 0 atom stereocenters. The molecule has 1 N–H and O–H groups in total. The lowest BCUT2D eigenvalue weighted by Gasteiger charge is -2.09. The Morgan fingerprint density at radius 1 is 1.15 bits per heavy atom. The largest absolute Gasteiger partial charge is 0.310 e. The fourth-order valence-corrected chi connectivity index (χ4v) is 2.79. The maximum absolute atomic E-state index is 4.54. The summed E-state index contributed by atoms with van der Waals surface area (Å²) in [6.07, 6.45) is 0. The molecule has 0 aliphatic rings. The number of hydrogen-bond acceptors (Lipinski definition) is 3. The van der Waals surface area contributed by atoms with E-state index in [1.165, 1.54) is 10.5 Å². The highest BCUT2D eigenvalue weighted by Crippen LogP contribution is 2.23. The molecule has 3 heteroatoms. The van der Waals surface area contributed by atoms with Gasteiger partial charge in [-0.05, 0) is 36.8 Å². The van der Waals surface area contributed by atoms with E-state index in [9.17, 15) is 0 Å². The van der Waals surface area contributed by atoms with E-state index < -0.39 is 0 Å². The first kappa shape index (κ1) is 15.1. The van der Waals surface area contributed by atoms with Crippen molar-refractivity contribution in [3.63, 3.8) is 0 Å². The summed E-state index contributed by atoms with van der Waals surface area (Å²) in [5, 5.41) is 3.45. The van der Waals surface area contributed by atoms with Crippen molar-refractivity contribution in [2.45, 2.75) is 44.0 Å². The van der Waals surface area contributed by atoms with E-state index >= 15 is 0 Å². The Kier molecular flexibility index (Phi) is 5.62. The quantitative estimate of drug-likeness (QED) is 0.806. The van der Waals surface area contributed by atoms with Crippen molar-refractivity contribution in [3.8, 4) is 0 Å². The minimum absolute atomic E-state index is 0.516. The first-order valence-electron chi connectivity index (χ1n) is 7.01. The second-order valence-corrected chi connectivity index (χ2v) is 6.29. The summed E-state index contributed by atoms with van der Waals surface area (Å²) in [6.45, 7) is 7.30. The van der Waals surface area contributed by atoms with E-state index in [-0.39, 0.29) is 0 Å². The highest BCUT2D eigenvalue weighted by molar-refractivity contribution is 7.98. The van der Waals surface area contributed by atoms with E-state index in [0.717, 1.165) is 23.7 Å². The normalized spacial score (nSPS) is 11.0. The number of nitrogens with one attached hydrogen (secondary N) is 1. The average molecular weight is 286 g/mol. The molecule has 0 aliphatic heterocycles. The van der Waals surface area contributed by atoms with Gasteiger partial charge in [0.2, 0.25) is 0 Å². The van der Waals surface area contributed by atoms with Crippen LogP contribution in [0.25, 0.3) is 0 Å². The molecular formula is C17H22N2S. The van der Waals surface area contributed by atoms with Crippen molar-refractivity contribution in [1.29, 1.82) is 0 Å². The number of benzene rings is 1. The molecule has 106 valence electrons. The maximum atomic E-state index is 4.54. The zero-order valence-electron chi connectivity index (χ0n) is 12.4. The van der Waals surface area contributed by atoms with Gasteiger partial charge in [-0.25, -0.2) is 0 Å². The summed E-state index contributed by atoms with van der Waals surface area (Å²) in [5.41, 5.74) is 3.56. The van der Waals surface area contributed by atoms with E-state index in [2.05, 4.69) is 60.5 Å². The Bertz CT molecular complexity index is 552. The number of aryl methyl sites for hydroxylation is 1. The minimum Gasteiger partial charge on any atom is -0.310 e. The summed E-state index contributed by atoms with van der Waals surface area (Å²) in [6, 6.07) is 15.4. The molecule has 1 aromatic carbocycles. The Labute approximate surface area is 126 Å². The lowest BCUT2D eigenvalue weighted by molar-refractivity contribution is 0.588. The minimum atomic E-state index is 0.516. The summed E-state index contributed by atoms with van der Waals surface area (Å²) in [5.74, 6) is 0.919. The predicted octanol–water partition coefficient (Wildman–Crippen LogP) is 4.18. The third-order valence-electron chi connectivity index (χ3n) is 2.95. The van der Waals surface area contributed by atoms with Gasteiger partial charge in [0.05, 0.1) is 5.69 Å². The topological polar surface area (TPSA) is 24.9 Å². The van der Waals surface area contributed by atoms with Crippen LogP contribution in [-0.2, 0) is 12.3 Å². The predicted molar refractivity (Wildman–Crippen MR) is 87.0 cm³/mol. The average Bonchev–Trinajstić information content (AvgIpc) is 2.43. The SMILES string of the molecule is Cc1cccc(CSc2cccc(CNC(C)C)c2)n1. The van der Waals surface area contributed by atoms with Gasteiger partial charge < -0.3 is 5.32 Å². The molecule has 0 saturated heterocycles. The molecule has 0 saturated carbocycles. The maximum Gasteiger partial charge on any atom is 0.0509 e. The van der Waals surface area contributed by atoms with E-state index in [1.807, 2.05) is 24.8 Å². The number of rotatable bonds is 6. The Hall–Kier alpha value is -1.32. The van der Waals surface area contributed by atoms with Crippen molar-refractivity contribution in [2.24, 2.45) is 0 Å². The lowest BCUT2D eigenvalue weighted by atomic mass is 10.2. The third-order valence-corrected chi connectivity index (χ3v) is 3.97. The number of hydrogen-bond donors (Lipinski definition) is 1. The molecule has 0 spiro atoms. The van der Waals surface area contributed by atoms with Crippen LogP contribution in [0.2, 0.25) is 0 Å². The van der Waals surface area contributed by atoms with Crippen LogP contribution in [0.1, 0.15) is 30.8 Å². The van der Waals surface area contributed by atoms with Gasteiger partial charge in [0.15, 0.2) is 0 Å². The van der Waals surface area contributed by atoms with Crippen molar-refractivity contribution >= 4 is 11.8 Å². The molecule has 0 amide bonds.